The summed E-state index contributed by atoms with van der Waals surface area (Å²) in [6.45, 7) is 7.70. The Kier molecular flexibility index (Phi) is 7.54. The van der Waals surface area contributed by atoms with E-state index in [1.165, 1.54) is 22.4 Å². The largest absolute Gasteiger partial charge is 0.352 e. The van der Waals surface area contributed by atoms with Crippen LogP contribution in [0.2, 0.25) is 0 Å². The summed E-state index contributed by atoms with van der Waals surface area (Å²) in [7, 11) is 3.76. The Labute approximate surface area is 155 Å². The number of aromatic nitrogens is 2. The lowest BCUT2D eigenvalue weighted by Crippen LogP contribution is -2.36. The summed E-state index contributed by atoms with van der Waals surface area (Å²) < 4.78 is 1.91. The van der Waals surface area contributed by atoms with E-state index in [1.807, 2.05) is 18.7 Å². The fraction of sp³-hybridized carbons (Fsp3) is 0.412. The van der Waals surface area contributed by atoms with Crippen LogP contribution in [0.4, 0.5) is 0 Å². The number of hydrogen-bond donors (Lipinski definition) is 2. The number of hydrogen-bond acceptors (Lipinski definition) is 2. The standard InChI is InChI=1S/C17H25N5.HI/c1-12-7-6-8-15(9-12)10-19-17(18-4)20-11-16-13(2)21-22(5)14(16)3;/h6-9H,10-11H2,1-5H3,(H2,18,19,20);1H. The molecule has 0 atom stereocenters. The summed E-state index contributed by atoms with van der Waals surface area (Å²) in [5, 5.41) is 11.1. The predicted molar refractivity (Wildman–Crippen MR) is 106 cm³/mol. The maximum absolute atomic E-state index is 4.43. The first-order valence-electron chi connectivity index (χ1n) is 7.50. The zero-order valence-electron chi connectivity index (χ0n) is 14.5. The van der Waals surface area contributed by atoms with Crippen LogP contribution in [0.1, 0.15) is 28.1 Å². The Hall–Kier alpha value is -1.57. The van der Waals surface area contributed by atoms with Crippen LogP contribution in [0.15, 0.2) is 29.3 Å². The van der Waals surface area contributed by atoms with E-state index in [9.17, 15) is 0 Å². The smallest absolute Gasteiger partial charge is 0.191 e. The molecular weight excluding hydrogens is 401 g/mol. The molecule has 0 aliphatic carbocycles. The van der Waals surface area contributed by atoms with Crippen molar-refractivity contribution in [3.63, 3.8) is 0 Å². The number of guanidine groups is 1. The maximum Gasteiger partial charge on any atom is 0.191 e. The fourth-order valence-electron chi connectivity index (χ4n) is 2.47. The molecule has 1 aromatic heterocycles. The SMILES string of the molecule is CN=C(NCc1cccc(C)c1)NCc1c(C)nn(C)c1C.I. The number of rotatable bonds is 4. The summed E-state index contributed by atoms with van der Waals surface area (Å²) in [6.07, 6.45) is 0. The molecule has 1 aromatic carbocycles. The lowest BCUT2D eigenvalue weighted by atomic mass is 10.1. The van der Waals surface area contributed by atoms with Crippen molar-refractivity contribution >= 4 is 29.9 Å². The van der Waals surface area contributed by atoms with Crippen LogP contribution in [0, 0.1) is 20.8 Å². The Morgan fingerprint density at radius 3 is 2.43 bits per heavy atom. The monoisotopic (exact) mass is 427 g/mol. The molecule has 1 heterocycles. The number of nitrogens with one attached hydrogen (secondary N) is 2. The van der Waals surface area contributed by atoms with Gasteiger partial charge < -0.3 is 10.6 Å². The second-order valence-electron chi connectivity index (χ2n) is 5.54. The molecule has 2 rings (SSSR count). The van der Waals surface area contributed by atoms with Crippen molar-refractivity contribution in [2.24, 2.45) is 12.0 Å². The van der Waals surface area contributed by atoms with Gasteiger partial charge in [-0.25, -0.2) is 0 Å². The summed E-state index contributed by atoms with van der Waals surface area (Å²) >= 11 is 0. The van der Waals surface area contributed by atoms with Crippen LogP contribution in [0.3, 0.4) is 0 Å². The van der Waals surface area contributed by atoms with Gasteiger partial charge in [0.1, 0.15) is 0 Å². The van der Waals surface area contributed by atoms with E-state index >= 15 is 0 Å². The van der Waals surface area contributed by atoms with Crippen LogP contribution in [0.5, 0.6) is 0 Å². The van der Waals surface area contributed by atoms with Gasteiger partial charge in [0.2, 0.25) is 0 Å². The van der Waals surface area contributed by atoms with E-state index < -0.39 is 0 Å². The Morgan fingerprint density at radius 2 is 1.87 bits per heavy atom. The highest BCUT2D eigenvalue weighted by Crippen LogP contribution is 2.11. The third kappa shape index (κ3) is 5.23. The van der Waals surface area contributed by atoms with Crippen LogP contribution in [0.25, 0.3) is 0 Å². The van der Waals surface area contributed by atoms with Crippen LogP contribution >= 0.6 is 24.0 Å². The highest BCUT2D eigenvalue weighted by atomic mass is 127. The van der Waals surface area contributed by atoms with Crippen molar-refractivity contribution in [1.29, 1.82) is 0 Å². The lowest BCUT2D eigenvalue weighted by Gasteiger charge is -2.12. The van der Waals surface area contributed by atoms with E-state index in [2.05, 4.69) is 58.8 Å². The third-order valence-corrected chi connectivity index (χ3v) is 3.86. The molecule has 0 radical (unpaired) electrons. The van der Waals surface area contributed by atoms with Gasteiger partial charge in [-0.3, -0.25) is 9.67 Å². The number of benzene rings is 1. The van der Waals surface area contributed by atoms with Gasteiger partial charge in [-0.2, -0.15) is 5.10 Å². The van der Waals surface area contributed by atoms with Crippen molar-refractivity contribution in [2.75, 3.05) is 7.05 Å². The van der Waals surface area contributed by atoms with Crippen molar-refractivity contribution in [2.45, 2.75) is 33.9 Å². The van der Waals surface area contributed by atoms with E-state index in [4.69, 9.17) is 0 Å². The average Bonchev–Trinajstić information content (AvgIpc) is 2.73. The Morgan fingerprint density at radius 1 is 1.17 bits per heavy atom. The summed E-state index contributed by atoms with van der Waals surface area (Å²) in [5.41, 5.74) is 5.97. The van der Waals surface area contributed by atoms with Crippen LogP contribution in [-0.2, 0) is 20.1 Å². The molecule has 0 aliphatic rings. The minimum atomic E-state index is 0. The lowest BCUT2D eigenvalue weighted by molar-refractivity contribution is 0.728. The molecule has 0 fully saturated rings. The summed E-state index contributed by atoms with van der Waals surface area (Å²) in [4.78, 5) is 4.27. The number of nitrogens with zero attached hydrogens (tertiary/aromatic N) is 3. The molecule has 0 unspecified atom stereocenters. The second kappa shape index (κ2) is 8.90. The normalized spacial score (nSPS) is 11.1. The summed E-state index contributed by atoms with van der Waals surface area (Å²) in [5.74, 6) is 0.796. The molecule has 2 aromatic rings. The molecule has 2 N–H and O–H groups in total. The molecular formula is C17H26IN5. The third-order valence-electron chi connectivity index (χ3n) is 3.86. The first kappa shape index (κ1) is 19.5. The summed E-state index contributed by atoms with van der Waals surface area (Å²) in [6, 6.07) is 8.47. The maximum atomic E-state index is 4.43. The van der Waals surface area contributed by atoms with Crippen molar-refractivity contribution in [3.8, 4) is 0 Å². The first-order valence-corrected chi connectivity index (χ1v) is 7.50. The molecule has 0 aliphatic heterocycles. The van der Waals surface area contributed by atoms with E-state index in [-0.39, 0.29) is 24.0 Å². The molecule has 0 amide bonds. The highest BCUT2D eigenvalue weighted by molar-refractivity contribution is 14.0. The van der Waals surface area contributed by atoms with Gasteiger partial charge in [0.05, 0.1) is 5.69 Å². The minimum absolute atomic E-state index is 0. The molecule has 126 valence electrons. The quantitative estimate of drug-likeness (QED) is 0.448. The minimum Gasteiger partial charge on any atom is -0.352 e. The van der Waals surface area contributed by atoms with Gasteiger partial charge in [-0.15, -0.1) is 24.0 Å². The van der Waals surface area contributed by atoms with E-state index in [0.29, 0.717) is 0 Å². The van der Waals surface area contributed by atoms with Gasteiger partial charge in [0, 0.05) is 38.4 Å². The second-order valence-corrected chi connectivity index (χ2v) is 5.54. The molecule has 0 spiro atoms. The molecule has 0 saturated carbocycles. The van der Waals surface area contributed by atoms with Gasteiger partial charge in [-0.05, 0) is 26.3 Å². The van der Waals surface area contributed by atoms with Gasteiger partial charge in [-0.1, -0.05) is 29.8 Å². The van der Waals surface area contributed by atoms with Crippen LogP contribution in [-0.4, -0.2) is 22.8 Å². The van der Waals surface area contributed by atoms with Gasteiger partial charge in [0.25, 0.3) is 0 Å². The van der Waals surface area contributed by atoms with Crippen molar-refractivity contribution in [1.82, 2.24) is 20.4 Å². The van der Waals surface area contributed by atoms with E-state index in [1.54, 1.807) is 7.05 Å². The fourth-order valence-corrected chi connectivity index (χ4v) is 2.47. The predicted octanol–water partition coefficient (Wildman–Crippen LogP) is 2.83. The number of aryl methyl sites for hydroxylation is 3. The molecule has 23 heavy (non-hydrogen) atoms. The van der Waals surface area contributed by atoms with Gasteiger partial charge >= 0.3 is 0 Å². The molecule has 0 saturated heterocycles. The zero-order chi connectivity index (χ0) is 16.1. The molecule has 0 bridgehead atoms. The highest BCUT2D eigenvalue weighted by Gasteiger charge is 2.09. The number of halogens is 1. The Balaban J connectivity index is 0.00000264. The Bertz CT molecular complexity index is 676. The van der Waals surface area contributed by atoms with Crippen LogP contribution < -0.4 is 10.6 Å². The molecule has 5 nitrogen and oxygen atoms in total. The van der Waals surface area contributed by atoms with E-state index in [0.717, 1.165) is 24.7 Å². The van der Waals surface area contributed by atoms with Gasteiger partial charge in [0.15, 0.2) is 5.96 Å². The number of aliphatic imine (C=N–C) groups is 1. The average molecular weight is 427 g/mol. The topological polar surface area (TPSA) is 54.2 Å². The zero-order valence-corrected chi connectivity index (χ0v) is 16.8. The van der Waals surface area contributed by atoms with Crippen molar-refractivity contribution < 1.29 is 0 Å². The van der Waals surface area contributed by atoms with Crippen molar-refractivity contribution in [3.05, 3.63) is 52.3 Å². The molecule has 6 heteroatoms. The first-order chi connectivity index (χ1) is 10.5.